The van der Waals surface area contributed by atoms with Crippen molar-refractivity contribution >= 4 is 0 Å². The molecular formula is C10H9LiO. The first-order valence-corrected chi connectivity index (χ1v) is 3.34. The largest absolute Gasteiger partial charge is 1.00 e. The summed E-state index contributed by atoms with van der Waals surface area (Å²) in [4.78, 5) is 0. The molecule has 0 heterocycles. The molecule has 0 radical (unpaired) electrons. The summed E-state index contributed by atoms with van der Waals surface area (Å²) in [6.45, 7) is 1.47. The van der Waals surface area contributed by atoms with Crippen molar-refractivity contribution in [2.75, 3.05) is 7.11 Å². The zero-order valence-corrected chi connectivity index (χ0v) is 7.37. The molecule has 1 nitrogen and oxygen atoms in total. The minimum atomic E-state index is 0. The van der Waals surface area contributed by atoms with Crippen molar-refractivity contribution in [3.8, 4) is 11.8 Å². The van der Waals surface area contributed by atoms with E-state index in [4.69, 9.17) is 0 Å². The van der Waals surface area contributed by atoms with Crippen LogP contribution < -0.4 is 18.9 Å². The minimum absolute atomic E-state index is 0. The number of hydrogen-bond donors (Lipinski definition) is 0. The Labute approximate surface area is 85.3 Å². The Morgan fingerprint density at radius 3 is 2.50 bits per heavy atom. The van der Waals surface area contributed by atoms with Crippen molar-refractivity contribution in [3.63, 3.8) is 0 Å². The summed E-state index contributed by atoms with van der Waals surface area (Å²) in [5, 5.41) is 0. The molecule has 0 aromatic heterocycles. The zero-order chi connectivity index (χ0) is 7.94. The van der Waals surface area contributed by atoms with Crippen molar-refractivity contribution in [1.29, 1.82) is 0 Å². The fourth-order valence-electron chi connectivity index (χ4n) is 0.693. The Morgan fingerprint density at radius 2 is 1.92 bits per heavy atom. The van der Waals surface area contributed by atoms with Gasteiger partial charge in [-0.05, 0) is 0 Å². The van der Waals surface area contributed by atoms with Crippen LogP contribution >= 0.6 is 0 Å². The van der Waals surface area contributed by atoms with Crippen LogP contribution in [0, 0.1) is 18.4 Å². The third-order valence-corrected chi connectivity index (χ3v) is 1.17. The fraction of sp³-hybridized carbons (Fsp3) is 0.100. The van der Waals surface area contributed by atoms with Gasteiger partial charge in [0, 0.05) is 7.11 Å². The summed E-state index contributed by atoms with van der Waals surface area (Å²) in [6.07, 6.45) is 0. The van der Waals surface area contributed by atoms with E-state index in [1.54, 1.807) is 7.11 Å². The average Bonchev–Trinajstić information content (AvgIpc) is 2.07. The van der Waals surface area contributed by atoms with Crippen LogP contribution in [0.1, 0.15) is 5.56 Å². The van der Waals surface area contributed by atoms with Gasteiger partial charge in [0.2, 0.25) is 0 Å². The van der Waals surface area contributed by atoms with E-state index >= 15 is 0 Å². The molecule has 1 rings (SSSR count). The molecule has 0 spiro atoms. The predicted octanol–water partition coefficient (Wildman–Crippen LogP) is -1.15. The smallest absolute Gasteiger partial charge is 0.437 e. The molecule has 1 aromatic carbocycles. The quantitative estimate of drug-likeness (QED) is 0.280. The summed E-state index contributed by atoms with van der Waals surface area (Å²) < 4.78 is 4.66. The number of ether oxygens (including phenoxy) is 1. The van der Waals surface area contributed by atoms with E-state index in [-0.39, 0.29) is 18.9 Å². The van der Waals surface area contributed by atoms with Crippen LogP contribution in [0.5, 0.6) is 0 Å². The summed E-state index contributed by atoms with van der Waals surface area (Å²) in [6, 6.07) is 9.78. The molecule has 0 saturated carbocycles. The molecule has 0 unspecified atom stereocenters. The Morgan fingerprint density at radius 1 is 1.25 bits per heavy atom. The molecule has 2 heteroatoms. The standard InChI is InChI=1S/C10H9O.Li/c1-11-9-5-8-10-6-3-2-4-7-10;/h2-4,6-7,9H,1H3;/q-1;+1. The number of methoxy groups -OCH3 is 1. The number of benzene rings is 1. The molecule has 0 atom stereocenters. The van der Waals surface area contributed by atoms with E-state index in [1.165, 1.54) is 6.61 Å². The Hall–Kier alpha value is -0.793. The molecule has 0 aliphatic carbocycles. The van der Waals surface area contributed by atoms with Gasteiger partial charge in [0.1, 0.15) is 0 Å². The summed E-state index contributed by atoms with van der Waals surface area (Å²) >= 11 is 0. The van der Waals surface area contributed by atoms with E-state index in [0.29, 0.717) is 0 Å². The molecule has 12 heavy (non-hydrogen) atoms. The van der Waals surface area contributed by atoms with Crippen LogP contribution in [0.15, 0.2) is 30.3 Å². The van der Waals surface area contributed by atoms with Gasteiger partial charge in [-0.2, -0.15) is 0 Å². The van der Waals surface area contributed by atoms with E-state index in [1.807, 2.05) is 30.3 Å². The van der Waals surface area contributed by atoms with Crippen LogP contribution in [-0.4, -0.2) is 7.11 Å². The second-order valence-electron chi connectivity index (χ2n) is 1.99. The molecular weight excluding hydrogens is 143 g/mol. The first-order chi connectivity index (χ1) is 5.43. The van der Waals surface area contributed by atoms with Gasteiger partial charge in [0.05, 0.1) is 0 Å². The van der Waals surface area contributed by atoms with Crippen molar-refractivity contribution < 1.29 is 23.6 Å². The van der Waals surface area contributed by atoms with Gasteiger partial charge in [-0.3, -0.25) is 11.8 Å². The summed E-state index contributed by atoms with van der Waals surface area (Å²) in [5.41, 5.74) is 1.00. The predicted molar refractivity (Wildman–Crippen MR) is 44.6 cm³/mol. The second-order valence-corrected chi connectivity index (χ2v) is 1.99. The van der Waals surface area contributed by atoms with Crippen LogP contribution in [-0.2, 0) is 4.74 Å². The second kappa shape index (κ2) is 6.89. The van der Waals surface area contributed by atoms with Crippen molar-refractivity contribution in [3.05, 3.63) is 42.5 Å². The van der Waals surface area contributed by atoms with Crippen LogP contribution in [0.2, 0.25) is 0 Å². The van der Waals surface area contributed by atoms with Gasteiger partial charge in [-0.15, -0.1) is 0 Å². The van der Waals surface area contributed by atoms with Crippen molar-refractivity contribution in [2.24, 2.45) is 0 Å². The molecule has 0 amide bonds. The molecule has 1 aromatic rings. The fourth-order valence-corrected chi connectivity index (χ4v) is 0.693. The molecule has 56 valence electrons. The van der Waals surface area contributed by atoms with Gasteiger partial charge in [0.25, 0.3) is 0 Å². The maximum absolute atomic E-state index is 4.66. The Kier molecular flexibility index (Phi) is 6.43. The van der Waals surface area contributed by atoms with Gasteiger partial charge in [0.15, 0.2) is 0 Å². The third-order valence-electron chi connectivity index (χ3n) is 1.17. The third kappa shape index (κ3) is 4.16. The summed E-state index contributed by atoms with van der Waals surface area (Å²) in [5.74, 6) is 5.67. The van der Waals surface area contributed by atoms with E-state index in [9.17, 15) is 0 Å². The normalized spacial score (nSPS) is 7.42. The molecule has 0 saturated heterocycles. The molecule has 0 N–H and O–H groups in total. The van der Waals surface area contributed by atoms with Gasteiger partial charge in [-0.25, -0.2) is 0 Å². The van der Waals surface area contributed by atoms with Crippen LogP contribution in [0.3, 0.4) is 0 Å². The van der Waals surface area contributed by atoms with E-state index in [0.717, 1.165) is 5.56 Å². The average molecular weight is 152 g/mol. The first kappa shape index (κ1) is 11.2. The Bertz CT molecular complexity index is 258. The van der Waals surface area contributed by atoms with Gasteiger partial charge >= 0.3 is 18.9 Å². The van der Waals surface area contributed by atoms with E-state index < -0.39 is 0 Å². The van der Waals surface area contributed by atoms with Crippen LogP contribution in [0.25, 0.3) is 0 Å². The van der Waals surface area contributed by atoms with Gasteiger partial charge in [-0.1, -0.05) is 42.5 Å². The SMILES string of the molecule is CO[CH-]C#Cc1ccccc1.[Li+]. The first-order valence-electron chi connectivity index (χ1n) is 3.34. The van der Waals surface area contributed by atoms with Crippen LogP contribution in [0.4, 0.5) is 0 Å². The minimum Gasteiger partial charge on any atom is -0.437 e. The molecule has 0 bridgehead atoms. The van der Waals surface area contributed by atoms with Gasteiger partial charge < -0.3 is 4.74 Å². The summed E-state index contributed by atoms with van der Waals surface area (Å²) in [7, 11) is 1.58. The number of hydrogen-bond acceptors (Lipinski definition) is 1. The van der Waals surface area contributed by atoms with Crippen molar-refractivity contribution in [2.45, 2.75) is 0 Å². The maximum atomic E-state index is 4.66. The van der Waals surface area contributed by atoms with E-state index in [2.05, 4.69) is 16.6 Å². The molecule has 0 aliphatic rings. The molecule has 0 aliphatic heterocycles. The van der Waals surface area contributed by atoms with Crippen molar-refractivity contribution in [1.82, 2.24) is 0 Å². The topological polar surface area (TPSA) is 9.23 Å². The molecule has 0 fully saturated rings. The zero-order valence-electron chi connectivity index (χ0n) is 7.37. The monoisotopic (exact) mass is 152 g/mol. The maximum Gasteiger partial charge on any atom is 1.00 e. The Balaban J connectivity index is 0.00000121. The number of rotatable bonds is 1.